The average Bonchev–Trinajstić information content (AvgIpc) is 2.74. The van der Waals surface area contributed by atoms with Gasteiger partial charge in [0.25, 0.3) is 0 Å². The predicted molar refractivity (Wildman–Crippen MR) is 62.4 cm³/mol. The Hall–Kier alpha value is -1.01. The fourth-order valence-electron chi connectivity index (χ4n) is 1.95. The maximum Gasteiger partial charge on any atom is 0.321 e. The molecule has 1 aromatic heterocycles. The van der Waals surface area contributed by atoms with Crippen LogP contribution in [0.25, 0.3) is 0 Å². The Bertz CT molecular complexity index is 430. The quantitative estimate of drug-likeness (QED) is 0.802. The molecule has 16 heavy (non-hydrogen) atoms. The number of aryl methyl sites for hydroxylation is 2. The Morgan fingerprint density at radius 2 is 2.31 bits per heavy atom. The third-order valence-corrected chi connectivity index (χ3v) is 4.14. The summed E-state index contributed by atoms with van der Waals surface area (Å²) < 4.78 is 1.83. The molecule has 0 bridgehead atoms. The highest BCUT2D eigenvalue weighted by Gasteiger charge is 2.33. The summed E-state index contributed by atoms with van der Waals surface area (Å²) >= 11 is 1.63. The van der Waals surface area contributed by atoms with E-state index in [-0.39, 0.29) is 5.37 Å². The molecular formula is C10H15N3O2S. The van der Waals surface area contributed by atoms with E-state index in [1.165, 1.54) is 0 Å². The molecular weight excluding hydrogens is 226 g/mol. The molecule has 88 valence electrons. The van der Waals surface area contributed by atoms with E-state index in [0.29, 0.717) is 5.75 Å². The van der Waals surface area contributed by atoms with E-state index < -0.39 is 12.0 Å². The van der Waals surface area contributed by atoms with Crippen molar-refractivity contribution in [2.75, 3.05) is 5.75 Å². The third kappa shape index (κ3) is 1.82. The van der Waals surface area contributed by atoms with Crippen LogP contribution in [0.15, 0.2) is 0 Å². The summed E-state index contributed by atoms with van der Waals surface area (Å²) in [4.78, 5) is 10.9. The lowest BCUT2D eigenvalue weighted by Gasteiger charge is -2.11. The van der Waals surface area contributed by atoms with Gasteiger partial charge in [-0.1, -0.05) is 0 Å². The van der Waals surface area contributed by atoms with E-state index in [2.05, 4.69) is 10.4 Å². The van der Waals surface area contributed by atoms with Crippen LogP contribution in [-0.4, -0.2) is 32.7 Å². The molecule has 1 fully saturated rings. The maximum absolute atomic E-state index is 10.9. The molecule has 1 aliphatic heterocycles. The van der Waals surface area contributed by atoms with Gasteiger partial charge >= 0.3 is 5.97 Å². The molecule has 2 atom stereocenters. The lowest BCUT2D eigenvalue weighted by molar-refractivity contribution is -0.138. The van der Waals surface area contributed by atoms with Crippen LogP contribution < -0.4 is 5.32 Å². The molecule has 1 aliphatic rings. The molecule has 0 spiro atoms. The minimum atomic E-state index is -0.783. The van der Waals surface area contributed by atoms with Crippen LogP contribution in [0.3, 0.4) is 0 Å². The minimum Gasteiger partial charge on any atom is -0.480 e. The largest absolute Gasteiger partial charge is 0.480 e. The fraction of sp³-hybridized carbons (Fsp3) is 0.600. The van der Waals surface area contributed by atoms with Gasteiger partial charge < -0.3 is 5.11 Å². The number of nitrogens with zero attached hydrogens (tertiary/aromatic N) is 2. The molecule has 0 aliphatic carbocycles. The van der Waals surface area contributed by atoms with Crippen molar-refractivity contribution in [1.29, 1.82) is 0 Å². The fourth-order valence-corrected chi connectivity index (χ4v) is 3.34. The molecule has 2 heterocycles. The number of hydrogen-bond acceptors (Lipinski definition) is 4. The molecule has 1 saturated heterocycles. The topological polar surface area (TPSA) is 67.2 Å². The zero-order valence-corrected chi connectivity index (χ0v) is 10.3. The first-order valence-corrected chi connectivity index (χ1v) is 6.16. The second kappa shape index (κ2) is 4.10. The summed E-state index contributed by atoms with van der Waals surface area (Å²) in [6.07, 6.45) is 0. The normalized spacial score (nSPS) is 24.9. The van der Waals surface area contributed by atoms with Crippen molar-refractivity contribution in [3.05, 3.63) is 17.0 Å². The van der Waals surface area contributed by atoms with Gasteiger partial charge in [-0.15, -0.1) is 11.8 Å². The zero-order chi connectivity index (χ0) is 11.9. The monoisotopic (exact) mass is 241 g/mol. The predicted octanol–water partition coefficient (Wildman–Crippen LogP) is 0.825. The molecule has 5 nitrogen and oxygen atoms in total. The van der Waals surface area contributed by atoms with Crippen molar-refractivity contribution in [3.8, 4) is 0 Å². The van der Waals surface area contributed by atoms with Crippen LogP contribution in [0.5, 0.6) is 0 Å². The second-order valence-electron chi connectivity index (χ2n) is 3.98. The smallest absolute Gasteiger partial charge is 0.321 e. The lowest BCUT2D eigenvalue weighted by Crippen LogP contribution is -2.33. The average molecular weight is 241 g/mol. The van der Waals surface area contributed by atoms with Gasteiger partial charge in [-0.2, -0.15) is 5.10 Å². The highest BCUT2D eigenvalue weighted by molar-refractivity contribution is 7.99. The Labute approximate surface area is 98.2 Å². The highest BCUT2D eigenvalue weighted by atomic mass is 32.2. The summed E-state index contributed by atoms with van der Waals surface area (Å²) in [5.41, 5.74) is 3.18. The Morgan fingerprint density at radius 1 is 1.62 bits per heavy atom. The number of carboxylic acid groups (broad SMARTS) is 1. The maximum atomic E-state index is 10.9. The van der Waals surface area contributed by atoms with Gasteiger partial charge in [0.15, 0.2) is 0 Å². The number of aliphatic carboxylic acids is 1. The van der Waals surface area contributed by atoms with Crippen molar-refractivity contribution in [1.82, 2.24) is 15.1 Å². The van der Waals surface area contributed by atoms with Gasteiger partial charge in [-0.05, 0) is 13.8 Å². The molecule has 6 heteroatoms. The molecule has 0 saturated carbocycles. The van der Waals surface area contributed by atoms with Crippen LogP contribution in [0.1, 0.15) is 22.3 Å². The van der Waals surface area contributed by atoms with Crippen molar-refractivity contribution < 1.29 is 9.90 Å². The van der Waals surface area contributed by atoms with Crippen LogP contribution in [0.4, 0.5) is 0 Å². The molecule has 0 unspecified atom stereocenters. The Balaban J connectivity index is 2.23. The summed E-state index contributed by atoms with van der Waals surface area (Å²) in [5.74, 6) is -0.178. The van der Waals surface area contributed by atoms with Gasteiger partial charge in [0.05, 0.1) is 11.1 Å². The second-order valence-corrected chi connectivity index (χ2v) is 5.12. The number of rotatable bonds is 2. The van der Waals surface area contributed by atoms with Crippen LogP contribution >= 0.6 is 11.8 Å². The van der Waals surface area contributed by atoms with E-state index in [0.717, 1.165) is 17.0 Å². The lowest BCUT2D eigenvalue weighted by atomic mass is 10.2. The summed E-state index contributed by atoms with van der Waals surface area (Å²) in [5, 5.41) is 16.4. The van der Waals surface area contributed by atoms with Crippen molar-refractivity contribution in [3.63, 3.8) is 0 Å². The van der Waals surface area contributed by atoms with Crippen LogP contribution in [0.2, 0.25) is 0 Å². The van der Waals surface area contributed by atoms with Crippen LogP contribution in [-0.2, 0) is 11.8 Å². The first-order valence-electron chi connectivity index (χ1n) is 5.11. The van der Waals surface area contributed by atoms with Crippen molar-refractivity contribution in [2.45, 2.75) is 25.3 Å². The van der Waals surface area contributed by atoms with Crippen LogP contribution in [0, 0.1) is 13.8 Å². The SMILES string of the molecule is Cc1nn(C)c(C)c1[C@H]1N[C@H](C(=O)O)CS1. The van der Waals surface area contributed by atoms with Gasteiger partial charge in [0.1, 0.15) is 6.04 Å². The standard InChI is InChI=1S/C10H15N3O2S/c1-5-8(6(2)13(3)12-5)9-11-7(4-16-9)10(14)15/h7,9,11H,4H2,1-3H3,(H,14,15)/t7-,9-/m0/s1. The first kappa shape index (κ1) is 11.5. The molecule has 0 radical (unpaired) electrons. The van der Waals surface area contributed by atoms with E-state index in [9.17, 15) is 4.79 Å². The highest BCUT2D eigenvalue weighted by Crippen LogP contribution is 2.35. The molecule has 0 aromatic carbocycles. The number of carboxylic acids is 1. The Kier molecular flexibility index (Phi) is 2.94. The number of thioether (sulfide) groups is 1. The molecule has 1 aromatic rings. The van der Waals surface area contributed by atoms with Gasteiger partial charge in [-0.25, -0.2) is 0 Å². The molecule has 0 amide bonds. The number of hydrogen-bond donors (Lipinski definition) is 2. The van der Waals surface area contributed by atoms with Crippen molar-refractivity contribution >= 4 is 17.7 Å². The van der Waals surface area contributed by atoms with Crippen molar-refractivity contribution in [2.24, 2.45) is 7.05 Å². The van der Waals surface area contributed by atoms with Gasteiger partial charge in [-0.3, -0.25) is 14.8 Å². The molecule has 2 N–H and O–H groups in total. The minimum absolute atomic E-state index is 0.0507. The van der Waals surface area contributed by atoms with E-state index >= 15 is 0 Å². The summed E-state index contributed by atoms with van der Waals surface area (Å²) in [6.45, 7) is 3.96. The van der Waals surface area contributed by atoms with E-state index in [4.69, 9.17) is 5.11 Å². The molecule has 2 rings (SSSR count). The third-order valence-electron chi connectivity index (χ3n) is 2.91. The van der Waals surface area contributed by atoms with E-state index in [1.807, 2.05) is 25.6 Å². The van der Waals surface area contributed by atoms with Gasteiger partial charge in [0, 0.05) is 24.1 Å². The first-order chi connectivity index (χ1) is 7.50. The number of carbonyl (C=O) groups is 1. The summed E-state index contributed by atoms with van der Waals surface area (Å²) in [6, 6.07) is -0.450. The van der Waals surface area contributed by atoms with E-state index in [1.54, 1.807) is 11.8 Å². The van der Waals surface area contributed by atoms with Gasteiger partial charge in [0.2, 0.25) is 0 Å². The summed E-state index contributed by atoms with van der Waals surface area (Å²) in [7, 11) is 1.90. The number of nitrogens with one attached hydrogen (secondary N) is 1. The Morgan fingerprint density at radius 3 is 2.75 bits per heavy atom. The zero-order valence-electron chi connectivity index (χ0n) is 9.52. The number of aromatic nitrogens is 2.